The number of carbonyl (C=O) groups is 3. The second-order valence-electron chi connectivity index (χ2n) is 12.1. The van der Waals surface area contributed by atoms with Gasteiger partial charge < -0.3 is 15.7 Å². The molecule has 3 aromatic heterocycles. The van der Waals surface area contributed by atoms with Crippen LogP contribution in [0.25, 0.3) is 5.65 Å². The van der Waals surface area contributed by atoms with Crippen LogP contribution in [0.1, 0.15) is 79.8 Å². The molecule has 11 nitrogen and oxygen atoms in total. The number of fused-ring (bicyclic) bond motifs is 1. The number of hydrogen-bond acceptors (Lipinski definition) is 6. The maximum atomic E-state index is 13.6. The van der Waals surface area contributed by atoms with E-state index >= 15 is 0 Å². The van der Waals surface area contributed by atoms with E-state index in [1.54, 1.807) is 29.2 Å². The number of rotatable bonds is 10. The van der Waals surface area contributed by atoms with Gasteiger partial charge in [0.05, 0.1) is 29.5 Å². The van der Waals surface area contributed by atoms with Gasteiger partial charge in [-0.05, 0) is 75.0 Å². The number of imidazole rings is 1. The molecule has 1 saturated heterocycles. The molecule has 14 heteroatoms. The van der Waals surface area contributed by atoms with Crippen molar-refractivity contribution < 1.29 is 32.7 Å². The molecule has 0 radical (unpaired) electrons. The van der Waals surface area contributed by atoms with E-state index < -0.39 is 54.3 Å². The quantitative estimate of drug-likeness (QED) is 0.301. The highest BCUT2D eigenvalue weighted by molar-refractivity contribution is 6.03. The molecule has 1 aliphatic heterocycles. The van der Waals surface area contributed by atoms with Crippen LogP contribution >= 0.6 is 0 Å². The molecule has 2 amide bonds. The van der Waals surface area contributed by atoms with Crippen LogP contribution in [0.2, 0.25) is 0 Å². The molecular formula is C29H34F3N7O4. The highest BCUT2D eigenvalue weighted by Crippen LogP contribution is 2.54. The molecule has 0 spiro atoms. The number of carboxylic acid groups (broad SMARTS) is 1. The molecule has 3 aliphatic rings. The van der Waals surface area contributed by atoms with E-state index in [4.69, 9.17) is 4.98 Å². The van der Waals surface area contributed by atoms with Gasteiger partial charge >= 0.3 is 12.1 Å². The Balaban J connectivity index is 1.35. The lowest BCUT2D eigenvalue weighted by molar-refractivity contribution is -0.195. The lowest BCUT2D eigenvalue weighted by Gasteiger charge is -2.40. The predicted octanol–water partition coefficient (Wildman–Crippen LogP) is 3.73. The van der Waals surface area contributed by atoms with Crippen LogP contribution in [0.3, 0.4) is 0 Å². The summed E-state index contributed by atoms with van der Waals surface area (Å²) in [6.45, 7) is 3.18. The maximum absolute atomic E-state index is 13.6. The molecule has 4 atom stereocenters. The van der Waals surface area contributed by atoms with Gasteiger partial charge in [-0.25, -0.2) is 9.50 Å². The number of nitrogens with one attached hydrogen (secondary N) is 2. The summed E-state index contributed by atoms with van der Waals surface area (Å²) in [7, 11) is 0. The van der Waals surface area contributed by atoms with Gasteiger partial charge in [0.15, 0.2) is 11.1 Å². The number of carbonyl (C=O) groups excluding carboxylic acids is 2. The molecule has 230 valence electrons. The number of amides is 2. The van der Waals surface area contributed by atoms with Gasteiger partial charge in [0.25, 0.3) is 5.91 Å². The van der Waals surface area contributed by atoms with Crippen molar-refractivity contribution in [2.75, 3.05) is 6.54 Å². The van der Waals surface area contributed by atoms with Crippen molar-refractivity contribution in [2.45, 2.75) is 70.6 Å². The summed E-state index contributed by atoms with van der Waals surface area (Å²) in [5.41, 5.74) is -0.746. The number of hydrogen-bond donors (Lipinski definition) is 3. The monoisotopic (exact) mass is 601 g/mol. The molecule has 6 rings (SSSR count). The second kappa shape index (κ2) is 10.6. The molecule has 3 N–H and O–H groups in total. The molecule has 0 aromatic carbocycles. The van der Waals surface area contributed by atoms with E-state index in [-0.39, 0.29) is 17.5 Å². The number of aliphatic carboxylic acids is 1. The van der Waals surface area contributed by atoms with Gasteiger partial charge in [-0.3, -0.25) is 19.1 Å². The van der Waals surface area contributed by atoms with Crippen molar-refractivity contribution in [3.05, 3.63) is 47.7 Å². The number of carboxylic acids is 1. The fraction of sp³-hybridized carbons (Fsp3) is 0.586. The Kier molecular flexibility index (Phi) is 7.20. The number of piperidine rings is 1. The number of halogens is 3. The zero-order valence-corrected chi connectivity index (χ0v) is 23.8. The topological polar surface area (TPSA) is 144 Å². The summed E-state index contributed by atoms with van der Waals surface area (Å²) in [6, 6.07) is 4.37. The fourth-order valence-electron chi connectivity index (χ4n) is 6.70. The van der Waals surface area contributed by atoms with E-state index in [0.717, 1.165) is 25.7 Å². The average molecular weight is 602 g/mol. The normalized spacial score (nSPS) is 24.1. The number of nitrogens with zero attached hydrogens (tertiary/aromatic N) is 5. The van der Waals surface area contributed by atoms with Crippen LogP contribution in [0.4, 0.5) is 13.2 Å². The van der Waals surface area contributed by atoms with Crippen molar-refractivity contribution in [1.82, 2.24) is 35.0 Å². The van der Waals surface area contributed by atoms with Gasteiger partial charge in [0.1, 0.15) is 5.69 Å². The van der Waals surface area contributed by atoms with Gasteiger partial charge in [0, 0.05) is 25.2 Å². The Labute approximate surface area is 245 Å². The highest BCUT2D eigenvalue weighted by atomic mass is 19.4. The Morgan fingerprint density at radius 1 is 1.16 bits per heavy atom. The van der Waals surface area contributed by atoms with Crippen molar-refractivity contribution in [3.63, 3.8) is 0 Å². The number of alkyl halides is 3. The Morgan fingerprint density at radius 2 is 1.86 bits per heavy atom. The average Bonchev–Trinajstić information content (AvgIpc) is 3.89. The van der Waals surface area contributed by atoms with E-state index in [9.17, 15) is 32.7 Å². The summed E-state index contributed by atoms with van der Waals surface area (Å²) >= 11 is 0. The predicted molar refractivity (Wildman–Crippen MR) is 146 cm³/mol. The third-order valence-electron chi connectivity index (χ3n) is 9.44. The molecule has 3 aromatic rings. The van der Waals surface area contributed by atoms with E-state index in [1.165, 1.54) is 17.5 Å². The van der Waals surface area contributed by atoms with E-state index in [0.29, 0.717) is 35.4 Å². The first kappa shape index (κ1) is 29.1. The van der Waals surface area contributed by atoms with Crippen molar-refractivity contribution in [3.8, 4) is 0 Å². The van der Waals surface area contributed by atoms with Crippen LogP contribution in [0.5, 0.6) is 0 Å². The molecule has 3 fully saturated rings. The summed E-state index contributed by atoms with van der Waals surface area (Å²) in [5, 5.41) is 24.2. The molecular weight excluding hydrogens is 567 g/mol. The first-order valence-corrected chi connectivity index (χ1v) is 14.7. The number of aromatic nitrogens is 5. The third-order valence-corrected chi connectivity index (χ3v) is 9.44. The van der Waals surface area contributed by atoms with Crippen LogP contribution < -0.4 is 10.6 Å². The number of aryl methyl sites for hydroxylation is 1. The molecule has 4 heterocycles. The van der Waals surface area contributed by atoms with Gasteiger partial charge in [-0.2, -0.15) is 23.4 Å². The van der Waals surface area contributed by atoms with Gasteiger partial charge in [0.2, 0.25) is 5.91 Å². The van der Waals surface area contributed by atoms with Gasteiger partial charge in [-0.15, -0.1) is 0 Å². The zero-order valence-electron chi connectivity index (χ0n) is 23.8. The van der Waals surface area contributed by atoms with Crippen LogP contribution in [0, 0.1) is 29.1 Å². The first-order chi connectivity index (χ1) is 20.4. The standard InChI is InChI=1S/C29H34F3N7O4/c1-3-38-21(10-11-34-38)25(40)36-24(23(16-4-5-16)17-6-7-17)20-14-39-22(35-20)9-8-19(37-39)15(2)28(27(42)43)12-18(29(30,31)32)13-33-26(28)41/h8-11,14-18,23-24H,3-7,12-13H2,1-2H3,(H,33,41)(H,36,40)(H,42,43)/t15?,18-,24-,28?/m1/s1. The Morgan fingerprint density at radius 3 is 2.47 bits per heavy atom. The van der Waals surface area contributed by atoms with Gasteiger partial charge in [-0.1, -0.05) is 6.92 Å². The van der Waals surface area contributed by atoms with E-state index in [2.05, 4.69) is 20.8 Å². The molecule has 0 bridgehead atoms. The minimum absolute atomic E-state index is 0.144. The Hall–Kier alpha value is -3.97. The summed E-state index contributed by atoms with van der Waals surface area (Å²) < 4.78 is 44.0. The molecule has 2 saturated carbocycles. The van der Waals surface area contributed by atoms with Crippen LogP contribution in [-0.4, -0.2) is 60.0 Å². The third kappa shape index (κ3) is 5.24. The minimum atomic E-state index is -4.67. The maximum Gasteiger partial charge on any atom is 0.393 e. The fourth-order valence-corrected chi connectivity index (χ4v) is 6.70. The van der Waals surface area contributed by atoms with E-state index in [1.807, 2.05) is 6.92 Å². The van der Waals surface area contributed by atoms with Crippen LogP contribution in [0.15, 0.2) is 30.6 Å². The van der Waals surface area contributed by atoms with Crippen molar-refractivity contribution >= 4 is 23.4 Å². The Bertz CT molecular complexity index is 1550. The summed E-state index contributed by atoms with van der Waals surface area (Å²) in [6.07, 6.45) is 2.01. The van der Waals surface area contributed by atoms with Crippen molar-refractivity contribution in [1.29, 1.82) is 0 Å². The summed E-state index contributed by atoms with van der Waals surface area (Å²) in [4.78, 5) is 43.6. The smallest absolute Gasteiger partial charge is 0.393 e. The molecule has 2 unspecified atom stereocenters. The second-order valence-corrected chi connectivity index (χ2v) is 12.1. The first-order valence-electron chi connectivity index (χ1n) is 14.7. The highest BCUT2D eigenvalue weighted by Gasteiger charge is 2.59. The minimum Gasteiger partial charge on any atom is -0.480 e. The lowest BCUT2D eigenvalue weighted by Crippen LogP contribution is -2.58. The lowest BCUT2D eigenvalue weighted by atomic mass is 9.66. The SMILES string of the molecule is CCn1nccc1C(=O)N[C@H](c1cn2nc(C(C)C3(C(=O)O)C[C@@H](C(F)(F)F)CNC3=O)ccc2n1)C(C1CC1)C1CC1. The molecule has 43 heavy (non-hydrogen) atoms. The molecule has 2 aliphatic carbocycles. The summed E-state index contributed by atoms with van der Waals surface area (Å²) in [5.74, 6) is -4.93. The van der Waals surface area contributed by atoms with Crippen LogP contribution in [-0.2, 0) is 16.1 Å². The zero-order chi connectivity index (χ0) is 30.7. The van der Waals surface area contributed by atoms with Crippen molar-refractivity contribution in [2.24, 2.45) is 29.1 Å². The largest absolute Gasteiger partial charge is 0.480 e.